The number of hydrogen-bond donors (Lipinski definition) is 0. The number of anilines is 2. The van der Waals surface area contributed by atoms with Gasteiger partial charge in [-0.15, -0.1) is 0 Å². The van der Waals surface area contributed by atoms with E-state index in [1.807, 2.05) is 64.1 Å². The molecule has 0 saturated heterocycles. The van der Waals surface area contributed by atoms with E-state index in [1.165, 1.54) is 12.2 Å². The van der Waals surface area contributed by atoms with Crippen LogP contribution in [0.1, 0.15) is 72.9 Å². The second-order valence-corrected chi connectivity index (χ2v) is 9.90. The van der Waals surface area contributed by atoms with Crippen molar-refractivity contribution >= 4 is 35.1 Å². The first-order chi connectivity index (χ1) is 18.6. The second kappa shape index (κ2) is 15.8. The summed E-state index contributed by atoms with van der Waals surface area (Å²) >= 11 is 0. The summed E-state index contributed by atoms with van der Waals surface area (Å²) in [7, 11) is 0. The Morgan fingerprint density at radius 1 is 0.667 bits per heavy atom. The van der Waals surface area contributed by atoms with Gasteiger partial charge in [0, 0.05) is 60.8 Å². The number of hydrogen-bond acceptors (Lipinski definition) is 6. The lowest BCUT2D eigenvalue weighted by Gasteiger charge is -2.23. The van der Waals surface area contributed by atoms with Crippen LogP contribution in [0.5, 0.6) is 11.5 Å². The van der Waals surface area contributed by atoms with E-state index in [0.29, 0.717) is 0 Å². The molecule has 0 aliphatic carbocycles. The Kier molecular flexibility index (Phi) is 12.8. The summed E-state index contributed by atoms with van der Waals surface area (Å²) in [4.78, 5) is 29.7. The molecular formula is C33H46N2O4. The third-order valence-electron chi connectivity index (χ3n) is 6.22. The maximum Gasteiger partial charge on any atom is 0.163 e. The summed E-state index contributed by atoms with van der Waals surface area (Å²) in [5.41, 5.74) is 3.76. The highest BCUT2D eigenvalue weighted by Crippen LogP contribution is 2.29. The van der Waals surface area contributed by atoms with E-state index in [-0.39, 0.29) is 30.2 Å². The number of allylic oxidation sites excluding steroid dienone is 2. The van der Waals surface area contributed by atoms with Crippen LogP contribution in [0.25, 0.3) is 12.2 Å². The zero-order chi connectivity index (χ0) is 28.9. The predicted molar refractivity (Wildman–Crippen MR) is 164 cm³/mol. The molecule has 6 heteroatoms. The third kappa shape index (κ3) is 9.93. The molecule has 0 amide bonds. The lowest BCUT2D eigenvalue weighted by Crippen LogP contribution is -2.22. The Bertz CT molecular complexity index is 1050. The Labute approximate surface area is 235 Å². The summed E-state index contributed by atoms with van der Waals surface area (Å²) in [6.07, 6.45) is 6.15. The number of nitrogens with zero attached hydrogens (tertiary/aromatic N) is 2. The Morgan fingerprint density at radius 2 is 1.03 bits per heavy atom. The summed E-state index contributed by atoms with van der Waals surface area (Å²) in [5, 5.41) is 0. The van der Waals surface area contributed by atoms with Gasteiger partial charge in [0.2, 0.25) is 0 Å². The lowest BCUT2D eigenvalue weighted by atomic mass is 10.1. The minimum atomic E-state index is -0.261. The molecule has 0 spiro atoms. The van der Waals surface area contributed by atoms with E-state index >= 15 is 0 Å². The van der Waals surface area contributed by atoms with Gasteiger partial charge in [0.1, 0.15) is 11.5 Å². The molecule has 0 heterocycles. The highest BCUT2D eigenvalue weighted by molar-refractivity contribution is 6.11. The third-order valence-corrected chi connectivity index (χ3v) is 6.22. The number of benzene rings is 2. The SMILES string of the molecule is CCN(CC)c1ccc(/C=C/C(=O)CC(=O)/C=C/c2ccc(N(CC)CC)cc2OC(C)C)c(OC(C)C)c1. The van der Waals surface area contributed by atoms with Crippen LogP contribution in [0.2, 0.25) is 0 Å². The van der Waals surface area contributed by atoms with Crippen LogP contribution in [-0.2, 0) is 9.59 Å². The smallest absolute Gasteiger partial charge is 0.163 e. The molecule has 6 nitrogen and oxygen atoms in total. The van der Waals surface area contributed by atoms with E-state index in [4.69, 9.17) is 9.47 Å². The van der Waals surface area contributed by atoms with Crippen molar-refractivity contribution in [2.45, 2.75) is 74.0 Å². The van der Waals surface area contributed by atoms with Crippen LogP contribution in [0.3, 0.4) is 0 Å². The van der Waals surface area contributed by atoms with Crippen molar-refractivity contribution in [1.82, 2.24) is 0 Å². The predicted octanol–water partition coefficient (Wildman–Crippen LogP) is 7.21. The van der Waals surface area contributed by atoms with E-state index < -0.39 is 0 Å². The average Bonchev–Trinajstić information content (AvgIpc) is 2.88. The van der Waals surface area contributed by atoms with Gasteiger partial charge in [-0.2, -0.15) is 0 Å². The number of ketones is 2. The molecule has 0 radical (unpaired) electrons. The Balaban J connectivity index is 2.15. The van der Waals surface area contributed by atoms with Gasteiger partial charge in [-0.3, -0.25) is 9.59 Å². The fourth-order valence-corrected chi connectivity index (χ4v) is 4.26. The average molecular weight is 535 g/mol. The van der Waals surface area contributed by atoms with E-state index in [0.717, 1.165) is 60.2 Å². The second-order valence-electron chi connectivity index (χ2n) is 9.90. The van der Waals surface area contributed by atoms with Gasteiger partial charge in [-0.25, -0.2) is 0 Å². The van der Waals surface area contributed by atoms with E-state index in [2.05, 4.69) is 37.5 Å². The van der Waals surface area contributed by atoms with Gasteiger partial charge in [-0.05, 0) is 104 Å². The monoisotopic (exact) mass is 534 g/mol. The molecule has 2 aromatic carbocycles. The first-order valence-corrected chi connectivity index (χ1v) is 14.1. The molecule has 0 aliphatic heterocycles. The fraction of sp³-hybridized carbons (Fsp3) is 0.455. The molecule has 2 rings (SSSR count). The van der Waals surface area contributed by atoms with Crippen LogP contribution in [-0.4, -0.2) is 50.0 Å². The largest absolute Gasteiger partial charge is 0.490 e. The van der Waals surface area contributed by atoms with Crippen molar-refractivity contribution in [3.63, 3.8) is 0 Å². The number of ether oxygens (including phenoxy) is 2. The van der Waals surface area contributed by atoms with Crippen LogP contribution < -0.4 is 19.3 Å². The number of rotatable bonds is 16. The molecule has 0 aliphatic rings. The standard InChI is InChI=1S/C33H46N2O4/c1-9-34(10-2)28-17-13-26(32(21-28)38-24(5)6)15-19-30(36)23-31(37)20-16-27-14-18-29(35(11-3)12-4)22-33(27)39-25(7)8/h13-22,24-25H,9-12,23H2,1-8H3/b19-15+,20-16+. The molecule has 39 heavy (non-hydrogen) atoms. The first-order valence-electron chi connectivity index (χ1n) is 14.1. The molecule has 0 aromatic heterocycles. The normalized spacial score (nSPS) is 11.5. The van der Waals surface area contributed by atoms with Gasteiger partial charge in [0.15, 0.2) is 11.6 Å². The fourth-order valence-electron chi connectivity index (χ4n) is 4.26. The highest BCUT2D eigenvalue weighted by Gasteiger charge is 2.12. The first kappa shape index (κ1) is 31.7. The van der Waals surface area contributed by atoms with Gasteiger partial charge >= 0.3 is 0 Å². The lowest BCUT2D eigenvalue weighted by molar-refractivity contribution is -0.121. The Hall–Kier alpha value is -3.54. The van der Waals surface area contributed by atoms with Crippen molar-refractivity contribution in [1.29, 1.82) is 0 Å². The number of carbonyl (C=O) groups excluding carboxylic acids is 2. The van der Waals surface area contributed by atoms with Crippen molar-refractivity contribution in [2.24, 2.45) is 0 Å². The minimum Gasteiger partial charge on any atom is -0.490 e. The topological polar surface area (TPSA) is 59.1 Å². The van der Waals surface area contributed by atoms with Crippen molar-refractivity contribution in [3.05, 3.63) is 59.7 Å². The van der Waals surface area contributed by atoms with Gasteiger partial charge < -0.3 is 19.3 Å². The summed E-state index contributed by atoms with van der Waals surface area (Å²) in [6.45, 7) is 19.9. The summed E-state index contributed by atoms with van der Waals surface area (Å²) in [5.74, 6) is 0.915. The number of carbonyl (C=O) groups is 2. The molecular weight excluding hydrogens is 488 g/mol. The van der Waals surface area contributed by atoms with Crippen LogP contribution in [0, 0.1) is 0 Å². The van der Waals surface area contributed by atoms with E-state index in [9.17, 15) is 9.59 Å². The Morgan fingerprint density at radius 3 is 1.33 bits per heavy atom. The summed E-state index contributed by atoms with van der Waals surface area (Å²) < 4.78 is 12.0. The van der Waals surface area contributed by atoms with Crippen molar-refractivity contribution in [3.8, 4) is 11.5 Å². The van der Waals surface area contributed by atoms with Crippen molar-refractivity contribution < 1.29 is 19.1 Å². The maximum atomic E-state index is 12.6. The molecule has 0 atom stereocenters. The minimum absolute atomic E-state index is 0.00262. The quantitative estimate of drug-likeness (QED) is 0.168. The maximum absolute atomic E-state index is 12.6. The molecule has 0 saturated carbocycles. The van der Waals surface area contributed by atoms with Crippen LogP contribution in [0.4, 0.5) is 11.4 Å². The van der Waals surface area contributed by atoms with Crippen LogP contribution >= 0.6 is 0 Å². The molecule has 212 valence electrons. The molecule has 0 fully saturated rings. The van der Waals surface area contributed by atoms with Gasteiger partial charge in [-0.1, -0.05) is 0 Å². The summed E-state index contributed by atoms with van der Waals surface area (Å²) in [6, 6.07) is 12.0. The molecule has 0 bridgehead atoms. The zero-order valence-electron chi connectivity index (χ0n) is 25.0. The molecule has 2 aromatic rings. The zero-order valence-corrected chi connectivity index (χ0v) is 25.0. The van der Waals surface area contributed by atoms with Crippen molar-refractivity contribution in [2.75, 3.05) is 36.0 Å². The molecule has 0 unspecified atom stereocenters. The van der Waals surface area contributed by atoms with Gasteiger partial charge in [0.25, 0.3) is 0 Å². The highest BCUT2D eigenvalue weighted by atomic mass is 16.5. The van der Waals surface area contributed by atoms with E-state index in [1.54, 1.807) is 12.2 Å². The van der Waals surface area contributed by atoms with Gasteiger partial charge in [0.05, 0.1) is 18.6 Å². The molecule has 0 N–H and O–H groups in total. The van der Waals surface area contributed by atoms with Crippen LogP contribution in [0.15, 0.2) is 48.6 Å².